The molecule has 2 N–H and O–H groups in total. The van der Waals surface area contributed by atoms with Crippen LogP contribution >= 0.6 is 0 Å². The average molecular weight is 480 g/mol. The Bertz CT molecular complexity index is 1160. The first-order chi connectivity index (χ1) is 16.9. The molecule has 0 saturated carbocycles. The highest BCUT2D eigenvalue weighted by molar-refractivity contribution is 5.74. The van der Waals surface area contributed by atoms with Crippen LogP contribution in [0.5, 0.6) is 17.8 Å². The SMILES string of the molecule is COc1nc(OCc2cccc(-c3ccccc3)c2C)nc(OC)c1CN1C[C@H](O)C[C@H]1C(=O)O. The standard InChI is InChI=1S/C26H29N3O6/c1-16-18(10-7-11-20(16)17-8-5-4-6-9-17)15-35-26-27-23(33-2)21(24(28-26)34-3)14-29-13-19(30)12-22(29)25(31)32/h4-11,19,22,30H,12-15H2,1-3H3,(H,31,32)/t19-,22+/m1/s1. The van der Waals surface area contributed by atoms with Crippen LogP contribution in [-0.4, -0.2) is 64.0 Å². The molecule has 2 aromatic carbocycles. The topological polar surface area (TPSA) is 114 Å². The Labute approximate surface area is 203 Å². The molecule has 1 aromatic heterocycles. The molecule has 0 spiro atoms. The summed E-state index contributed by atoms with van der Waals surface area (Å²) in [5, 5.41) is 19.5. The maximum Gasteiger partial charge on any atom is 0.323 e. The number of carbonyl (C=O) groups is 1. The summed E-state index contributed by atoms with van der Waals surface area (Å²) >= 11 is 0. The number of β-amino-alcohol motifs (C(OH)–C–C–N with tert-alkyl or cyclic N) is 1. The van der Waals surface area contributed by atoms with Crippen molar-refractivity contribution in [2.75, 3.05) is 20.8 Å². The average Bonchev–Trinajstić information content (AvgIpc) is 3.24. The van der Waals surface area contributed by atoms with Gasteiger partial charge in [-0.3, -0.25) is 9.69 Å². The second-order valence-corrected chi connectivity index (χ2v) is 8.42. The van der Waals surface area contributed by atoms with Crippen molar-refractivity contribution in [2.24, 2.45) is 0 Å². The molecule has 2 atom stereocenters. The van der Waals surface area contributed by atoms with Crippen molar-refractivity contribution in [3.05, 3.63) is 65.2 Å². The molecule has 4 rings (SSSR count). The van der Waals surface area contributed by atoms with Crippen LogP contribution in [0.25, 0.3) is 11.1 Å². The molecule has 2 heterocycles. The third kappa shape index (κ3) is 5.36. The lowest BCUT2D eigenvalue weighted by Crippen LogP contribution is -2.35. The number of hydrogen-bond acceptors (Lipinski definition) is 8. The van der Waals surface area contributed by atoms with Gasteiger partial charge in [-0.05, 0) is 29.2 Å². The summed E-state index contributed by atoms with van der Waals surface area (Å²) in [5.74, 6) is -0.535. The van der Waals surface area contributed by atoms with E-state index < -0.39 is 18.1 Å². The van der Waals surface area contributed by atoms with Crippen molar-refractivity contribution in [2.45, 2.75) is 38.6 Å². The number of carboxylic acid groups (broad SMARTS) is 1. The van der Waals surface area contributed by atoms with Crippen molar-refractivity contribution in [1.29, 1.82) is 0 Å². The van der Waals surface area contributed by atoms with Gasteiger partial charge in [0.25, 0.3) is 0 Å². The third-order valence-corrected chi connectivity index (χ3v) is 6.21. The van der Waals surface area contributed by atoms with Gasteiger partial charge in [0.2, 0.25) is 11.8 Å². The van der Waals surface area contributed by atoms with Gasteiger partial charge in [-0.25, -0.2) is 0 Å². The molecular formula is C26H29N3O6. The number of aromatic nitrogens is 2. The number of likely N-dealkylation sites (tertiary alicyclic amines) is 1. The fourth-order valence-electron chi connectivity index (χ4n) is 4.39. The number of aliphatic hydroxyl groups is 1. The lowest BCUT2D eigenvalue weighted by Gasteiger charge is -2.22. The summed E-state index contributed by atoms with van der Waals surface area (Å²) in [6.45, 7) is 2.67. The predicted octanol–water partition coefficient (Wildman–Crippen LogP) is 3.07. The first-order valence-electron chi connectivity index (χ1n) is 11.3. The molecule has 1 fully saturated rings. The lowest BCUT2D eigenvalue weighted by atomic mass is 9.97. The number of carboxylic acids is 1. The molecule has 0 radical (unpaired) electrons. The number of hydrogen-bond donors (Lipinski definition) is 2. The van der Waals surface area contributed by atoms with Crippen molar-refractivity contribution in [3.8, 4) is 28.9 Å². The highest BCUT2D eigenvalue weighted by Gasteiger charge is 2.37. The number of ether oxygens (including phenoxy) is 3. The molecule has 9 heteroatoms. The van der Waals surface area contributed by atoms with Crippen molar-refractivity contribution >= 4 is 5.97 Å². The molecule has 1 saturated heterocycles. The summed E-state index contributed by atoms with van der Waals surface area (Å²) in [4.78, 5) is 22.0. The summed E-state index contributed by atoms with van der Waals surface area (Å²) in [5.41, 5.74) is 4.83. The van der Waals surface area contributed by atoms with E-state index >= 15 is 0 Å². The number of methoxy groups -OCH3 is 2. The Kier molecular flexibility index (Phi) is 7.48. The van der Waals surface area contributed by atoms with Gasteiger partial charge in [0.1, 0.15) is 12.6 Å². The minimum Gasteiger partial charge on any atom is -0.481 e. The van der Waals surface area contributed by atoms with E-state index in [0.717, 1.165) is 22.3 Å². The van der Waals surface area contributed by atoms with Crippen LogP contribution in [0.2, 0.25) is 0 Å². The van der Waals surface area contributed by atoms with E-state index in [4.69, 9.17) is 14.2 Å². The lowest BCUT2D eigenvalue weighted by molar-refractivity contribution is -0.142. The summed E-state index contributed by atoms with van der Waals surface area (Å²) in [7, 11) is 2.94. The second-order valence-electron chi connectivity index (χ2n) is 8.42. The van der Waals surface area contributed by atoms with Gasteiger partial charge < -0.3 is 24.4 Å². The number of nitrogens with zero attached hydrogens (tertiary/aromatic N) is 3. The maximum atomic E-state index is 11.6. The zero-order chi connectivity index (χ0) is 24.9. The minimum atomic E-state index is -0.992. The Hall–Kier alpha value is -3.69. The zero-order valence-corrected chi connectivity index (χ0v) is 20.0. The Balaban J connectivity index is 1.56. The van der Waals surface area contributed by atoms with E-state index in [9.17, 15) is 15.0 Å². The molecule has 9 nitrogen and oxygen atoms in total. The Morgan fingerprint density at radius 1 is 1.06 bits per heavy atom. The molecule has 184 valence electrons. The van der Waals surface area contributed by atoms with Gasteiger partial charge in [0.15, 0.2) is 0 Å². The van der Waals surface area contributed by atoms with Crippen molar-refractivity contribution in [3.63, 3.8) is 0 Å². The van der Waals surface area contributed by atoms with Gasteiger partial charge in [-0.1, -0.05) is 48.5 Å². The van der Waals surface area contributed by atoms with Crippen LogP contribution in [0.3, 0.4) is 0 Å². The summed E-state index contributed by atoms with van der Waals surface area (Å²) in [6, 6.07) is 15.5. The van der Waals surface area contributed by atoms with Gasteiger partial charge in [-0.15, -0.1) is 0 Å². The molecule has 0 bridgehead atoms. The first-order valence-corrected chi connectivity index (χ1v) is 11.3. The van der Waals surface area contributed by atoms with Crippen LogP contribution in [0, 0.1) is 6.92 Å². The van der Waals surface area contributed by atoms with Gasteiger partial charge in [-0.2, -0.15) is 9.97 Å². The van der Waals surface area contributed by atoms with Crippen LogP contribution in [0.4, 0.5) is 0 Å². The zero-order valence-electron chi connectivity index (χ0n) is 20.0. The van der Waals surface area contributed by atoms with Crippen LogP contribution in [0.1, 0.15) is 23.1 Å². The van der Waals surface area contributed by atoms with Crippen molar-refractivity contribution < 1.29 is 29.2 Å². The first kappa shape index (κ1) is 24.4. The highest BCUT2D eigenvalue weighted by Crippen LogP contribution is 2.32. The fourth-order valence-corrected chi connectivity index (χ4v) is 4.39. The smallest absolute Gasteiger partial charge is 0.323 e. The molecular weight excluding hydrogens is 450 g/mol. The van der Waals surface area contributed by atoms with E-state index in [1.807, 2.05) is 30.3 Å². The molecule has 1 aliphatic rings. The van der Waals surface area contributed by atoms with E-state index in [1.165, 1.54) is 14.2 Å². The molecule has 1 aliphatic heterocycles. The predicted molar refractivity (Wildman–Crippen MR) is 129 cm³/mol. The maximum absolute atomic E-state index is 11.6. The van der Waals surface area contributed by atoms with Gasteiger partial charge in [0, 0.05) is 19.5 Å². The molecule has 35 heavy (non-hydrogen) atoms. The Morgan fingerprint density at radius 2 is 1.74 bits per heavy atom. The van der Waals surface area contributed by atoms with Crippen LogP contribution in [0.15, 0.2) is 48.5 Å². The van der Waals surface area contributed by atoms with Crippen LogP contribution < -0.4 is 14.2 Å². The summed E-state index contributed by atoms with van der Waals surface area (Å²) < 4.78 is 16.9. The number of benzene rings is 2. The number of rotatable bonds is 9. The van der Waals surface area contributed by atoms with E-state index in [0.29, 0.717) is 5.56 Å². The fraction of sp³-hybridized carbons (Fsp3) is 0.346. The molecule has 0 unspecified atom stereocenters. The second kappa shape index (κ2) is 10.7. The van der Waals surface area contributed by atoms with Gasteiger partial charge >= 0.3 is 12.0 Å². The third-order valence-electron chi connectivity index (χ3n) is 6.21. The largest absolute Gasteiger partial charge is 0.481 e. The van der Waals surface area contributed by atoms with Crippen molar-refractivity contribution in [1.82, 2.24) is 14.9 Å². The van der Waals surface area contributed by atoms with E-state index in [2.05, 4.69) is 35.1 Å². The monoisotopic (exact) mass is 479 g/mol. The highest BCUT2D eigenvalue weighted by atomic mass is 16.5. The van der Waals surface area contributed by atoms with E-state index in [-0.39, 0.29) is 43.9 Å². The summed E-state index contributed by atoms with van der Waals surface area (Å²) in [6.07, 6.45) is -0.560. The molecule has 0 amide bonds. The molecule has 3 aromatic rings. The minimum absolute atomic E-state index is 0.0863. The van der Waals surface area contributed by atoms with E-state index in [1.54, 1.807) is 4.90 Å². The van der Waals surface area contributed by atoms with Gasteiger partial charge in [0.05, 0.1) is 25.9 Å². The number of aliphatic hydroxyl groups excluding tert-OH is 1. The Morgan fingerprint density at radius 3 is 2.37 bits per heavy atom. The molecule has 0 aliphatic carbocycles. The van der Waals surface area contributed by atoms with Crippen LogP contribution in [-0.2, 0) is 17.9 Å². The normalized spacial score (nSPS) is 17.8. The number of aliphatic carboxylic acids is 1. The quantitative estimate of drug-likeness (QED) is 0.478.